The molecule has 1 atom stereocenters. The molecule has 2 N–H and O–H groups in total. The number of benzene rings is 2. The minimum Gasteiger partial charge on any atom is -0.350 e. The lowest BCUT2D eigenvalue weighted by Gasteiger charge is -2.14. The maximum atomic E-state index is 12.2. The molecule has 1 unspecified atom stereocenters. The molecule has 27 heavy (non-hydrogen) atoms. The molecule has 0 aliphatic rings. The van der Waals surface area contributed by atoms with E-state index in [0.29, 0.717) is 17.9 Å². The number of sulfonamides is 1. The Labute approximate surface area is 166 Å². The summed E-state index contributed by atoms with van der Waals surface area (Å²) >= 11 is 5.87. The quantitative estimate of drug-likeness (QED) is 0.696. The molecule has 0 spiro atoms. The Morgan fingerprint density at radius 3 is 2.15 bits per heavy atom. The normalized spacial score (nSPS) is 12.8. The predicted molar refractivity (Wildman–Crippen MR) is 108 cm³/mol. The highest BCUT2D eigenvalue weighted by Crippen LogP contribution is 2.17. The molecule has 0 radical (unpaired) electrons. The largest absolute Gasteiger partial charge is 0.350 e. The molecule has 0 aliphatic heterocycles. The monoisotopic (exact) mass is 408 g/mol. The second-order valence-electron chi connectivity index (χ2n) is 6.76. The van der Waals surface area contributed by atoms with Crippen LogP contribution in [0.1, 0.15) is 44.4 Å². The van der Waals surface area contributed by atoms with Crippen molar-refractivity contribution in [3.05, 3.63) is 64.7 Å². The van der Waals surface area contributed by atoms with Crippen LogP contribution in [0.4, 0.5) is 0 Å². The average molecular weight is 409 g/mol. The Balaban J connectivity index is 1.89. The van der Waals surface area contributed by atoms with Crippen LogP contribution in [-0.2, 0) is 21.2 Å². The summed E-state index contributed by atoms with van der Waals surface area (Å²) in [6, 6.07) is 13.7. The molecule has 0 bridgehead atoms. The first-order valence-electron chi connectivity index (χ1n) is 8.83. The first-order valence-corrected chi connectivity index (χ1v) is 10.7. The molecular weight excluding hydrogens is 384 g/mol. The van der Waals surface area contributed by atoms with Gasteiger partial charge in [-0.05, 0) is 62.6 Å². The maximum Gasteiger partial charge on any atom is 0.240 e. The number of nitrogens with one attached hydrogen (secondary N) is 2. The highest BCUT2D eigenvalue weighted by atomic mass is 35.5. The van der Waals surface area contributed by atoms with Gasteiger partial charge >= 0.3 is 0 Å². The van der Waals surface area contributed by atoms with Gasteiger partial charge in [-0.3, -0.25) is 4.79 Å². The second-order valence-corrected chi connectivity index (χ2v) is 8.91. The van der Waals surface area contributed by atoms with Crippen molar-refractivity contribution in [2.75, 3.05) is 0 Å². The van der Waals surface area contributed by atoms with E-state index in [2.05, 4.69) is 10.0 Å². The molecule has 7 heteroatoms. The molecule has 2 aromatic rings. The predicted octanol–water partition coefficient (Wildman–Crippen LogP) is 3.84. The molecule has 0 aromatic heterocycles. The second kappa shape index (κ2) is 9.35. The van der Waals surface area contributed by atoms with Gasteiger partial charge < -0.3 is 5.32 Å². The summed E-state index contributed by atoms with van der Waals surface area (Å²) in [5, 5.41) is 3.61. The van der Waals surface area contributed by atoms with Crippen LogP contribution in [-0.4, -0.2) is 20.4 Å². The van der Waals surface area contributed by atoms with Crippen molar-refractivity contribution in [1.82, 2.24) is 10.0 Å². The number of halogens is 1. The number of hydrogen-bond donors (Lipinski definition) is 2. The summed E-state index contributed by atoms with van der Waals surface area (Å²) in [6.45, 7) is 5.47. The molecule has 2 rings (SSSR count). The van der Waals surface area contributed by atoms with Crippen LogP contribution in [0.5, 0.6) is 0 Å². The Morgan fingerprint density at radius 1 is 1.00 bits per heavy atom. The fraction of sp³-hybridized carbons (Fsp3) is 0.350. The summed E-state index contributed by atoms with van der Waals surface area (Å²) in [5.41, 5.74) is 1.90. The number of carbonyl (C=O) groups excluding carboxylic acids is 1. The van der Waals surface area contributed by atoms with Gasteiger partial charge in [0, 0.05) is 17.5 Å². The average Bonchev–Trinajstić information content (AvgIpc) is 2.60. The van der Waals surface area contributed by atoms with E-state index in [1.165, 1.54) is 0 Å². The standard InChI is InChI=1S/C20H25ClN2O3S/c1-14(2)23-27(25,26)19-11-4-16(5-12-19)6-13-20(24)22-15(3)17-7-9-18(21)10-8-17/h4-5,7-12,14-15,23H,6,13H2,1-3H3,(H,22,24). The van der Waals surface area contributed by atoms with E-state index in [0.717, 1.165) is 11.1 Å². The van der Waals surface area contributed by atoms with Gasteiger partial charge in [0.1, 0.15) is 0 Å². The van der Waals surface area contributed by atoms with E-state index in [1.54, 1.807) is 50.2 Å². The van der Waals surface area contributed by atoms with E-state index in [-0.39, 0.29) is 22.9 Å². The van der Waals surface area contributed by atoms with Crippen LogP contribution in [0.2, 0.25) is 5.02 Å². The zero-order chi connectivity index (χ0) is 20.0. The van der Waals surface area contributed by atoms with Crippen molar-refractivity contribution in [2.45, 2.75) is 50.6 Å². The van der Waals surface area contributed by atoms with E-state index in [4.69, 9.17) is 11.6 Å². The highest BCUT2D eigenvalue weighted by Gasteiger charge is 2.15. The van der Waals surface area contributed by atoms with Crippen LogP contribution in [0.15, 0.2) is 53.4 Å². The van der Waals surface area contributed by atoms with E-state index < -0.39 is 10.0 Å². The third-order valence-corrected chi connectivity index (χ3v) is 5.94. The number of hydrogen-bond acceptors (Lipinski definition) is 3. The lowest BCUT2D eigenvalue weighted by Crippen LogP contribution is -2.30. The number of aryl methyl sites for hydroxylation is 1. The number of carbonyl (C=O) groups is 1. The first kappa shape index (κ1) is 21.4. The Morgan fingerprint density at radius 2 is 1.59 bits per heavy atom. The smallest absolute Gasteiger partial charge is 0.240 e. The van der Waals surface area contributed by atoms with Crippen molar-refractivity contribution in [2.24, 2.45) is 0 Å². The van der Waals surface area contributed by atoms with Crippen LogP contribution in [0, 0.1) is 0 Å². The van der Waals surface area contributed by atoms with Crippen LogP contribution in [0.25, 0.3) is 0 Å². The maximum absolute atomic E-state index is 12.2. The minimum atomic E-state index is -3.50. The Bertz CT molecular complexity index is 863. The van der Waals surface area contributed by atoms with Gasteiger partial charge in [-0.25, -0.2) is 13.1 Å². The molecule has 5 nitrogen and oxygen atoms in total. The summed E-state index contributed by atoms with van der Waals surface area (Å²) in [6.07, 6.45) is 0.866. The lowest BCUT2D eigenvalue weighted by molar-refractivity contribution is -0.121. The summed E-state index contributed by atoms with van der Waals surface area (Å²) in [7, 11) is -3.50. The van der Waals surface area contributed by atoms with Crippen molar-refractivity contribution < 1.29 is 13.2 Å². The van der Waals surface area contributed by atoms with E-state index in [9.17, 15) is 13.2 Å². The van der Waals surface area contributed by atoms with Crippen molar-refractivity contribution in [1.29, 1.82) is 0 Å². The lowest BCUT2D eigenvalue weighted by atomic mass is 10.1. The molecule has 0 saturated carbocycles. The summed E-state index contributed by atoms with van der Waals surface area (Å²) in [4.78, 5) is 12.4. The fourth-order valence-corrected chi connectivity index (χ4v) is 4.00. The zero-order valence-corrected chi connectivity index (χ0v) is 17.3. The topological polar surface area (TPSA) is 75.3 Å². The highest BCUT2D eigenvalue weighted by molar-refractivity contribution is 7.89. The van der Waals surface area contributed by atoms with Gasteiger partial charge in [0.15, 0.2) is 0 Å². The van der Waals surface area contributed by atoms with Gasteiger partial charge in [0.05, 0.1) is 10.9 Å². The van der Waals surface area contributed by atoms with Gasteiger partial charge in [0.25, 0.3) is 0 Å². The number of rotatable bonds is 8. The molecule has 0 heterocycles. The van der Waals surface area contributed by atoms with E-state index >= 15 is 0 Å². The molecule has 1 amide bonds. The van der Waals surface area contributed by atoms with Gasteiger partial charge in [-0.2, -0.15) is 0 Å². The first-order chi connectivity index (χ1) is 12.7. The van der Waals surface area contributed by atoms with Crippen molar-refractivity contribution >= 4 is 27.5 Å². The summed E-state index contributed by atoms with van der Waals surface area (Å²) < 4.78 is 26.8. The minimum absolute atomic E-state index is 0.0596. The Kier molecular flexibility index (Phi) is 7.41. The van der Waals surface area contributed by atoms with Crippen molar-refractivity contribution in [3.63, 3.8) is 0 Å². The SMILES string of the molecule is CC(C)NS(=O)(=O)c1ccc(CCC(=O)NC(C)c2ccc(Cl)cc2)cc1. The van der Waals surface area contributed by atoms with Gasteiger partial charge in [-0.15, -0.1) is 0 Å². The third kappa shape index (κ3) is 6.65. The third-order valence-electron chi connectivity index (χ3n) is 4.01. The summed E-state index contributed by atoms with van der Waals surface area (Å²) in [5.74, 6) is -0.0596. The van der Waals surface area contributed by atoms with E-state index in [1.807, 2.05) is 19.1 Å². The van der Waals surface area contributed by atoms with Crippen LogP contribution < -0.4 is 10.0 Å². The zero-order valence-electron chi connectivity index (χ0n) is 15.7. The number of amides is 1. The fourth-order valence-electron chi connectivity index (χ4n) is 2.62. The van der Waals surface area contributed by atoms with Crippen LogP contribution in [0.3, 0.4) is 0 Å². The van der Waals surface area contributed by atoms with Crippen LogP contribution >= 0.6 is 11.6 Å². The van der Waals surface area contributed by atoms with Gasteiger partial charge in [-0.1, -0.05) is 35.9 Å². The molecule has 0 saturated heterocycles. The Hall–Kier alpha value is -1.89. The van der Waals surface area contributed by atoms with Gasteiger partial charge in [0.2, 0.25) is 15.9 Å². The molecular formula is C20H25ClN2O3S. The molecule has 0 fully saturated rings. The molecule has 0 aliphatic carbocycles. The molecule has 146 valence electrons. The van der Waals surface area contributed by atoms with Crippen molar-refractivity contribution in [3.8, 4) is 0 Å². The molecule has 2 aromatic carbocycles.